The van der Waals surface area contributed by atoms with E-state index in [1.807, 2.05) is 18.2 Å². The maximum Gasteiger partial charge on any atom is 0.335 e. The zero-order valence-electron chi connectivity index (χ0n) is 24.3. The third kappa shape index (κ3) is 4.33. The van der Waals surface area contributed by atoms with Crippen molar-refractivity contribution in [3.63, 3.8) is 0 Å². The van der Waals surface area contributed by atoms with Crippen LogP contribution in [0.2, 0.25) is 0 Å². The molecule has 2 aromatic carbocycles. The molecule has 14 heteroatoms. The molecule has 1 spiro atoms. The Morgan fingerprint density at radius 1 is 0.978 bits per heavy atom. The fourth-order valence-electron chi connectivity index (χ4n) is 8.58. The normalized spacial score (nSPS) is 33.5. The molecule has 3 fully saturated rings. The monoisotopic (exact) mass is 644 g/mol. The molecule has 2 aromatic rings. The van der Waals surface area contributed by atoms with Crippen molar-refractivity contribution < 1.29 is 53.4 Å². The highest BCUT2D eigenvalue weighted by Crippen LogP contribution is 2.66. The number of nitrogens with zero attached hydrogens (tertiary/aromatic N) is 2. The van der Waals surface area contributed by atoms with Crippen LogP contribution >= 0.6 is 0 Å². The lowest BCUT2D eigenvalue weighted by Gasteiger charge is -2.64. The highest BCUT2D eigenvalue weighted by molar-refractivity contribution is 7.89. The molecular weight excluding hydrogens is 608 g/mol. The van der Waals surface area contributed by atoms with Crippen LogP contribution in [-0.4, -0.2) is 109 Å². The molecule has 3 aliphatic heterocycles. The molecule has 2 unspecified atom stereocenters. The molecule has 242 valence electrons. The van der Waals surface area contributed by atoms with E-state index in [1.54, 1.807) is 22.5 Å². The summed E-state index contributed by atoms with van der Waals surface area (Å²) in [6, 6.07) is 10.5. The van der Waals surface area contributed by atoms with Gasteiger partial charge < -0.3 is 35.4 Å². The summed E-state index contributed by atoms with van der Waals surface area (Å²) < 4.78 is 35.5. The molecule has 1 saturated heterocycles. The second-order valence-electron chi connectivity index (χ2n) is 13.1. The molecule has 3 aliphatic carbocycles. The SMILES string of the molecule is O=C(O)C(O)C(O)C(=O)O.O=S1(=O)c2ccccc2CN1[C@@H]1CC[C@@]2(O)[C@H]3Cc4ccc(O)c5c4[C@@]2(CCN3CC2CC2)[C@H]1O5. The number of fused-ring (bicyclic) bond motifs is 1. The number of carbonyl (C=O) groups is 2. The first-order valence-electron chi connectivity index (χ1n) is 15.2. The smallest absolute Gasteiger partial charge is 0.335 e. The van der Waals surface area contributed by atoms with Crippen molar-refractivity contribution in [3.8, 4) is 11.5 Å². The summed E-state index contributed by atoms with van der Waals surface area (Å²) in [6.45, 7) is 2.20. The fraction of sp³-hybridized carbons (Fsp3) is 0.548. The van der Waals surface area contributed by atoms with Crippen molar-refractivity contribution in [1.29, 1.82) is 0 Å². The number of hydrogen-bond donors (Lipinski definition) is 6. The minimum atomic E-state index is -3.66. The topological polar surface area (TPSA) is 205 Å². The fourth-order valence-corrected chi connectivity index (χ4v) is 10.4. The number of aliphatic hydroxyl groups excluding tert-OH is 2. The number of carboxylic acid groups (broad SMARTS) is 2. The first-order chi connectivity index (χ1) is 21.3. The third-order valence-corrected chi connectivity index (χ3v) is 12.8. The van der Waals surface area contributed by atoms with Gasteiger partial charge in [0.1, 0.15) is 6.10 Å². The minimum absolute atomic E-state index is 0.0146. The van der Waals surface area contributed by atoms with Gasteiger partial charge in [-0.25, -0.2) is 18.0 Å². The lowest BCUT2D eigenvalue weighted by atomic mass is 9.48. The summed E-state index contributed by atoms with van der Waals surface area (Å²) in [7, 11) is -3.66. The number of hydrogen-bond acceptors (Lipinski definition) is 10. The Labute approximate surface area is 259 Å². The highest BCUT2D eigenvalue weighted by atomic mass is 32.2. The zero-order chi connectivity index (χ0) is 32.1. The van der Waals surface area contributed by atoms with E-state index < -0.39 is 57.3 Å². The lowest BCUT2D eigenvalue weighted by Crippen LogP contribution is -2.78. The van der Waals surface area contributed by atoms with E-state index in [-0.39, 0.29) is 11.8 Å². The molecule has 2 bridgehead atoms. The second-order valence-corrected chi connectivity index (χ2v) is 15.0. The maximum atomic E-state index is 13.7. The van der Waals surface area contributed by atoms with Gasteiger partial charge in [-0.2, -0.15) is 4.31 Å². The van der Waals surface area contributed by atoms with Crippen LogP contribution < -0.4 is 4.74 Å². The molecule has 2 saturated carbocycles. The van der Waals surface area contributed by atoms with Gasteiger partial charge in [-0.05, 0) is 74.2 Å². The van der Waals surface area contributed by atoms with Gasteiger partial charge in [-0.1, -0.05) is 24.3 Å². The number of carboxylic acids is 2. The number of aliphatic carboxylic acids is 2. The number of aromatic hydroxyl groups is 1. The number of benzene rings is 2. The number of piperidine rings is 1. The molecule has 0 radical (unpaired) electrons. The van der Waals surface area contributed by atoms with E-state index >= 15 is 0 Å². The van der Waals surface area contributed by atoms with E-state index in [0.717, 1.165) is 42.1 Å². The van der Waals surface area contributed by atoms with Crippen LogP contribution in [0.3, 0.4) is 0 Å². The molecule has 3 heterocycles. The molecular formula is C31H36N2O11S. The van der Waals surface area contributed by atoms with Crippen LogP contribution in [-0.2, 0) is 38.0 Å². The van der Waals surface area contributed by atoms with E-state index in [0.29, 0.717) is 36.5 Å². The summed E-state index contributed by atoms with van der Waals surface area (Å²) in [4.78, 5) is 22.4. The van der Waals surface area contributed by atoms with Gasteiger partial charge in [-0.3, -0.25) is 4.90 Å². The van der Waals surface area contributed by atoms with E-state index in [9.17, 15) is 28.2 Å². The average molecular weight is 645 g/mol. The number of likely N-dealkylation sites (tertiary alicyclic amines) is 1. The van der Waals surface area contributed by atoms with Crippen LogP contribution in [0.5, 0.6) is 11.5 Å². The Kier molecular flexibility index (Phi) is 7.00. The van der Waals surface area contributed by atoms with Crippen molar-refractivity contribution >= 4 is 22.0 Å². The van der Waals surface area contributed by atoms with Crippen LogP contribution in [0.1, 0.15) is 48.8 Å². The number of sulfonamides is 1. The predicted octanol–water partition coefficient (Wildman–Crippen LogP) is 0.407. The number of phenolic OH excluding ortho intramolecular Hbond substituents is 1. The van der Waals surface area contributed by atoms with Gasteiger partial charge in [0, 0.05) is 24.7 Å². The molecule has 45 heavy (non-hydrogen) atoms. The second kappa shape index (κ2) is 10.4. The minimum Gasteiger partial charge on any atom is -0.504 e. The largest absolute Gasteiger partial charge is 0.504 e. The van der Waals surface area contributed by atoms with Gasteiger partial charge in [0.25, 0.3) is 0 Å². The summed E-state index contributed by atoms with van der Waals surface area (Å²) in [5.74, 6) is -2.27. The van der Waals surface area contributed by atoms with Gasteiger partial charge in [-0.15, -0.1) is 0 Å². The van der Waals surface area contributed by atoms with Crippen LogP contribution in [0.4, 0.5) is 0 Å². The molecule has 13 nitrogen and oxygen atoms in total. The third-order valence-electron chi connectivity index (χ3n) is 10.8. The number of aliphatic hydroxyl groups is 3. The van der Waals surface area contributed by atoms with Crippen molar-refractivity contribution in [2.75, 3.05) is 13.1 Å². The summed E-state index contributed by atoms with van der Waals surface area (Å²) in [5.41, 5.74) is 1.15. The quantitative estimate of drug-likeness (QED) is 0.253. The van der Waals surface area contributed by atoms with E-state index in [1.165, 1.54) is 12.8 Å². The van der Waals surface area contributed by atoms with Crippen LogP contribution in [0.25, 0.3) is 0 Å². The average Bonchev–Trinajstić information content (AvgIpc) is 3.69. The van der Waals surface area contributed by atoms with Gasteiger partial charge in [0.15, 0.2) is 23.7 Å². The van der Waals surface area contributed by atoms with Gasteiger partial charge in [0.05, 0.1) is 22.0 Å². The first kappa shape index (κ1) is 30.4. The van der Waals surface area contributed by atoms with Crippen molar-refractivity contribution in [2.45, 2.75) is 91.4 Å². The number of rotatable bonds is 6. The number of phenols is 1. The van der Waals surface area contributed by atoms with Crippen LogP contribution in [0, 0.1) is 5.92 Å². The Morgan fingerprint density at radius 3 is 2.31 bits per heavy atom. The molecule has 8 rings (SSSR count). The van der Waals surface area contributed by atoms with Crippen molar-refractivity contribution in [3.05, 3.63) is 53.1 Å². The standard InChI is InChI=1S/C27H30N2O5S.C4H6O6/c30-20-8-7-17-13-22-27(31)10-9-19(29-15-18-3-1-2-4-21(18)35(29,32)33)25-26(27,23(17)24(20)34-25)11-12-28(22)14-16-5-6-16;5-1(3(7)8)2(6)4(9)10/h1-4,7-8,16,19,22,25,30-31H,5-6,9-15H2;1-2,5-6H,(H,7,8)(H,9,10)/t19-,22-,25+,26+,27-;/m1./s1. The van der Waals surface area contributed by atoms with E-state index in [4.69, 9.17) is 25.2 Å². The zero-order valence-corrected chi connectivity index (χ0v) is 25.1. The lowest BCUT2D eigenvalue weighted by molar-refractivity contribution is -0.196. The summed E-state index contributed by atoms with van der Waals surface area (Å²) >= 11 is 0. The predicted molar refractivity (Wildman–Crippen MR) is 155 cm³/mol. The van der Waals surface area contributed by atoms with Crippen molar-refractivity contribution in [1.82, 2.24) is 9.21 Å². The Hall–Kier alpha value is -3.27. The molecule has 7 atom stereocenters. The Balaban J connectivity index is 0.000000284. The van der Waals surface area contributed by atoms with Gasteiger partial charge >= 0.3 is 11.9 Å². The summed E-state index contributed by atoms with van der Waals surface area (Å²) in [6.07, 6.45) is -0.0207. The van der Waals surface area contributed by atoms with E-state index in [2.05, 4.69) is 4.90 Å². The molecule has 6 aliphatic rings. The van der Waals surface area contributed by atoms with Crippen LogP contribution in [0.15, 0.2) is 41.3 Å². The molecule has 0 aromatic heterocycles. The Morgan fingerprint density at radius 2 is 1.67 bits per heavy atom. The van der Waals surface area contributed by atoms with Gasteiger partial charge in [0.2, 0.25) is 10.0 Å². The summed E-state index contributed by atoms with van der Waals surface area (Å²) in [5, 5.41) is 55.9. The maximum absolute atomic E-state index is 13.7. The van der Waals surface area contributed by atoms with Crippen molar-refractivity contribution in [2.24, 2.45) is 5.92 Å². The Bertz CT molecular complexity index is 1660. The first-order valence-corrected chi connectivity index (χ1v) is 16.6. The highest BCUT2D eigenvalue weighted by Gasteiger charge is 2.74. The molecule has 6 N–H and O–H groups in total. The molecule has 0 amide bonds. The number of ether oxygens (including phenoxy) is 1.